The molecule has 0 saturated carbocycles. The number of hydrogen-bond acceptors (Lipinski definition) is 0. The Hall–Kier alpha value is -0.550. The van der Waals surface area contributed by atoms with E-state index in [4.69, 9.17) is 23.2 Å². The highest BCUT2D eigenvalue weighted by atomic mass is 35.5. The molecule has 0 spiro atoms. The van der Waals surface area contributed by atoms with Crippen LogP contribution in [0, 0.1) is 0 Å². The Morgan fingerprint density at radius 1 is 0.833 bits per heavy atom. The topological polar surface area (TPSA) is 0 Å². The summed E-state index contributed by atoms with van der Waals surface area (Å²) in [5, 5.41) is 1.28. The number of rotatable bonds is 10. The van der Waals surface area contributed by atoms with Gasteiger partial charge in [-0.15, -0.1) is 0 Å². The molecule has 0 aromatic heterocycles. The molecule has 0 heterocycles. The van der Waals surface area contributed by atoms with Crippen molar-refractivity contribution < 1.29 is 0 Å². The molecule has 0 radical (unpaired) electrons. The lowest BCUT2D eigenvalue weighted by Crippen LogP contribution is -2.14. The summed E-state index contributed by atoms with van der Waals surface area (Å²) in [5.74, 6) is 1.42. The number of benzene rings is 2. The normalized spacial score (nSPS) is 12.8. The average Bonchev–Trinajstić information content (AvgIpc) is 2.67. The van der Waals surface area contributed by atoms with E-state index in [1.54, 1.807) is 0 Å². The van der Waals surface area contributed by atoms with Gasteiger partial charge in [-0.1, -0.05) is 136 Å². The highest BCUT2D eigenvalue weighted by Gasteiger charge is 2.27. The number of halogens is 2. The molecule has 0 saturated heterocycles. The maximum absolute atomic E-state index is 6.82. The van der Waals surface area contributed by atoms with Crippen LogP contribution in [0.5, 0.6) is 0 Å². The second-order valence-corrected chi connectivity index (χ2v) is 13.1. The second kappa shape index (κ2) is 11.4. The van der Waals surface area contributed by atoms with E-state index in [0.29, 0.717) is 26.3 Å². The minimum absolute atomic E-state index is 0.370. The summed E-state index contributed by atoms with van der Waals surface area (Å²) >= 11 is 13.6. The SMILES string of the molecule is CCCCCC(Cl)(Cl)Pc1ccccc1-c1c(C(C)C)cc(C(C)C)cc1C(C)C. The van der Waals surface area contributed by atoms with Crippen LogP contribution in [0.15, 0.2) is 36.4 Å². The summed E-state index contributed by atoms with van der Waals surface area (Å²) in [5.41, 5.74) is 6.99. The Bertz CT molecular complexity index is 792. The molecule has 2 rings (SSSR count). The third-order valence-electron chi connectivity index (χ3n) is 5.74. The van der Waals surface area contributed by atoms with Gasteiger partial charge in [0.2, 0.25) is 0 Å². The number of unbranched alkanes of at least 4 members (excludes halogenated alkanes) is 2. The Labute approximate surface area is 196 Å². The van der Waals surface area contributed by atoms with Crippen molar-refractivity contribution >= 4 is 37.1 Å². The fourth-order valence-electron chi connectivity index (χ4n) is 3.93. The molecule has 0 aliphatic carbocycles. The molecule has 3 heteroatoms. The van der Waals surface area contributed by atoms with Gasteiger partial charge in [0.1, 0.15) is 4.07 Å². The molecular weight excluding hydrogens is 426 g/mol. The predicted octanol–water partition coefficient (Wildman–Crippen LogP) is 9.74. The van der Waals surface area contributed by atoms with Gasteiger partial charge in [0.25, 0.3) is 0 Å². The third-order valence-corrected chi connectivity index (χ3v) is 8.01. The van der Waals surface area contributed by atoms with Gasteiger partial charge in [-0.25, -0.2) is 0 Å². The van der Waals surface area contributed by atoms with Crippen LogP contribution >= 0.6 is 31.8 Å². The van der Waals surface area contributed by atoms with Crippen LogP contribution < -0.4 is 5.30 Å². The van der Waals surface area contributed by atoms with E-state index < -0.39 is 4.07 Å². The van der Waals surface area contributed by atoms with Gasteiger partial charge in [0.15, 0.2) is 0 Å². The minimum atomic E-state index is -0.695. The first kappa shape index (κ1) is 25.7. The maximum atomic E-state index is 6.82. The van der Waals surface area contributed by atoms with E-state index >= 15 is 0 Å². The van der Waals surface area contributed by atoms with Crippen LogP contribution in [0.25, 0.3) is 11.1 Å². The molecule has 1 atom stereocenters. The zero-order valence-corrected chi connectivity index (χ0v) is 22.3. The van der Waals surface area contributed by atoms with Gasteiger partial charge < -0.3 is 0 Å². The van der Waals surface area contributed by atoms with E-state index in [2.05, 4.69) is 84.9 Å². The molecule has 166 valence electrons. The Morgan fingerprint density at radius 2 is 1.40 bits per heavy atom. The molecule has 0 aliphatic heterocycles. The monoisotopic (exact) mass is 464 g/mol. The third kappa shape index (κ3) is 6.72. The quantitative estimate of drug-likeness (QED) is 0.186. The first-order chi connectivity index (χ1) is 14.1. The first-order valence-corrected chi connectivity index (χ1v) is 13.3. The van der Waals surface area contributed by atoms with Crippen molar-refractivity contribution in [2.45, 2.75) is 96.0 Å². The standard InChI is InChI=1S/C27H39Cl2P/c1-8-9-12-15-27(28,29)30-25-14-11-10-13-22(25)26-23(19(4)5)16-21(18(2)3)17-24(26)20(6)7/h10-11,13-14,16-20,30H,8-9,12,15H2,1-7H3. The fraction of sp³-hybridized carbons (Fsp3) is 0.556. The second-order valence-electron chi connectivity index (χ2n) is 9.37. The summed E-state index contributed by atoms with van der Waals surface area (Å²) in [4.78, 5) is 0. The Kier molecular flexibility index (Phi) is 9.73. The molecule has 2 aromatic rings. The lowest BCUT2D eigenvalue weighted by atomic mass is 9.82. The summed E-state index contributed by atoms with van der Waals surface area (Å²) in [6.45, 7) is 16.0. The number of alkyl halides is 2. The van der Waals surface area contributed by atoms with E-state index in [1.807, 2.05) is 0 Å². The predicted molar refractivity (Wildman–Crippen MR) is 141 cm³/mol. The van der Waals surface area contributed by atoms with Crippen molar-refractivity contribution in [1.82, 2.24) is 0 Å². The van der Waals surface area contributed by atoms with Crippen LogP contribution in [0.4, 0.5) is 0 Å². The van der Waals surface area contributed by atoms with Crippen molar-refractivity contribution in [1.29, 1.82) is 0 Å². The largest absolute Gasteiger partial charge is 0.138 e. The summed E-state index contributed by atoms with van der Waals surface area (Å²) in [6.07, 6.45) is 4.29. The van der Waals surface area contributed by atoms with Gasteiger partial charge in [-0.3, -0.25) is 0 Å². The van der Waals surface area contributed by atoms with Crippen LogP contribution in [0.2, 0.25) is 0 Å². The zero-order chi connectivity index (χ0) is 22.5. The van der Waals surface area contributed by atoms with E-state index in [9.17, 15) is 0 Å². The van der Waals surface area contributed by atoms with Crippen molar-refractivity contribution in [3.05, 3.63) is 53.1 Å². The van der Waals surface area contributed by atoms with Gasteiger partial charge in [0, 0.05) is 0 Å². The lowest BCUT2D eigenvalue weighted by Gasteiger charge is -2.26. The summed E-state index contributed by atoms with van der Waals surface area (Å²) in [7, 11) is 0.370. The average molecular weight is 465 g/mol. The van der Waals surface area contributed by atoms with Crippen LogP contribution in [0.1, 0.15) is 109 Å². The fourth-order valence-corrected chi connectivity index (χ4v) is 6.03. The highest BCUT2D eigenvalue weighted by Crippen LogP contribution is 2.47. The molecule has 2 aromatic carbocycles. The van der Waals surface area contributed by atoms with Crippen LogP contribution in [-0.4, -0.2) is 4.07 Å². The Balaban J connectivity index is 2.62. The van der Waals surface area contributed by atoms with Crippen molar-refractivity contribution in [2.75, 3.05) is 0 Å². The summed E-state index contributed by atoms with van der Waals surface area (Å²) < 4.78 is -0.695. The molecule has 0 bridgehead atoms. The van der Waals surface area contributed by atoms with Gasteiger partial charge >= 0.3 is 0 Å². The maximum Gasteiger partial charge on any atom is 0.138 e. The van der Waals surface area contributed by atoms with E-state index in [-0.39, 0.29) is 0 Å². The smallest absolute Gasteiger partial charge is 0.0965 e. The van der Waals surface area contributed by atoms with E-state index in [1.165, 1.54) is 46.0 Å². The molecule has 30 heavy (non-hydrogen) atoms. The van der Waals surface area contributed by atoms with Gasteiger partial charge in [-0.05, 0) is 57.3 Å². The van der Waals surface area contributed by atoms with Gasteiger partial charge in [0.05, 0.1) is 0 Å². The van der Waals surface area contributed by atoms with Crippen LogP contribution in [0.3, 0.4) is 0 Å². The zero-order valence-electron chi connectivity index (χ0n) is 19.8. The molecule has 1 unspecified atom stereocenters. The van der Waals surface area contributed by atoms with Gasteiger partial charge in [-0.2, -0.15) is 0 Å². The number of hydrogen-bond donors (Lipinski definition) is 0. The molecule has 0 fully saturated rings. The summed E-state index contributed by atoms with van der Waals surface area (Å²) in [6, 6.07) is 13.6. The molecule has 0 amide bonds. The lowest BCUT2D eigenvalue weighted by molar-refractivity contribution is 0.679. The van der Waals surface area contributed by atoms with Crippen molar-refractivity contribution in [3.63, 3.8) is 0 Å². The van der Waals surface area contributed by atoms with Crippen molar-refractivity contribution in [3.8, 4) is 11.1 Å². The highest BCUT2D eigenvalue weighted by molar-refractivity contribution is 7.54. The molecule has 0 nitrogen and oxygen atoms in total. The van der Waals surface area contributed by atoms with Crippen molar-refractivity contribution in [2.24, 2.45) is 0 Å². The first-order valence-electron chi connectivity index (χ1n) is 11.5. The molecule has 0 N–H and O–H groups in total. The van der Waals surface area contributed by atoms with Crippen LogP contribution in [-0.2, 0) is 0 Å². The molecular formula is C27H39Cl2P. The Morgan fingerprint density at radius 3 is 1.90 bits per heavy atom. The molecule has 0 aliphatic rings. The minimum Gasteiger partial charge on any atom is -0.0965 e. The van der Waals surface area contributed by atoms with E-state index in [0.717, 1.165) is 12.8 Å².